The van der Waals surface area contributed by atoms with Gasteiger partial charge in [0, 0.05) is 16.6 Å². The first-order chi connectivity index (χ1) is 9.38. The van der Waals surface area contributed by atoms with Crippen molar-refractivity contribution in [1.29, 1.82) is 0 Å². The van der Waals surface area contributed by atoms with Crippen molar-refractivity contribution in [3.63, 3.8) is 0 Å². The van der Waals surface area contributed by atoms with Gasteiger partial charge in [-0.2, -0.15) is 0 Å². The zero-order valence-electron chi connectivity index (χ0n) is 9.68. The molecule has 20 heavy (non-hydrogen) atoms. The lowest BCUT2D eigenvalue weighted by atomic mass is 10.2. The lowest BCUT2D eigenvalue weighted by Gasteiger charge is -2.09. The molecule has 0 unspecified atom stereocenters. The highest BCUT2D eigenvalue weighted by Gasteiger charge is 2.17. The first kappa shape index (κ1) is 14.9. The van der Waals surface area contributed by atoms with Crippen LogP contribution >= 0.6 is 27.5 Å². The zero-order chi connectivity index (χ0) is 14.9. The molecule has 0 radical (unpaired) electrons. The summed E-state index contributed by atoms with van der Waals surface area (Å²) < 4.78 is 40.2. The smallest absolute Gasteiger partial charge is 0.257 e. The maximum atomic E-state index is 13.4. The van der Waals surface area contributed by atoms with Gasteiger partial charge in [0.05, 0.1) is 10.6 Å². The third-order valence-electron chi connectivity index (χ3n) is 2.42. The molecule has 0 bridgehead atoms. The van der Waals surface area contributed by atoms with Crippen LogP contribution in [-0.2, 0) is 0 Å². The van der Waals surface area contributed by atoms with Crippen molar-refractivity contribution in [2.24, 2.45) is 0 Å². The second kappa shape index (κ2) is 5.85. The van der Waals surface area contributed by atoms with E-state index in [2.05, 4.69) is 15.9 Å². The van der Waals surface area contributed by atoms with Gasteiger partial charge in [0.15, 0.2) is 11.6 Å². The van der Waals surface area contributed by atoms with E-state index in [1.54, 1.807) is 6.07 Å². The Balaban J connectivity index is 2.35. The van der Waals surface area contributed by atoms with E-state index in [0.29, 0.717) is 16.6 Å². The molecule has 0 spiro atoms. The Bertz CT molecular complexity index is 670. The first-order valence-electron chi connectivity index (χ1n) is 5.29. The molecule has 0 aliphatic heterocycles. The van der Waals surface area contributed by atoms with E-state index >= 15 is 0 Å². The Morgan fingerprint density at radius 3 is 2.30 bits per heavy atom. The van der Waals surface area contributed by atoms with Crippen LogP contribution in [0.15, 0.2) is 34.8 Å². The fourth-order valence-corrected chi connectivity index (χ4v) is 2.08. The molecule has 7 heteroatoms. The van der Waals surface area contributed by atoms with Crippen LogP contribution in [0.2, 0.25) is 5.02 Å². The summed E-state index contributed by atoms with van der Waals surface area (Å²) in [6.07, 6.45) is 0. The quantitative estimate of drug-likeness (QED) is 0.817. The first-order valence-corrected chi connectivity index (χ1v) is 6.46. The Morgan fingerprint density at radius 2 is 1.70 bits per heavy atom. The molecule has 1 amide bonds. The summed E-state index contributed by atoms with van der Waals surface area (Å²) in [6, 6.07) is 5.41. The van der Waals surface area contributed by atoms with Crippen LogP contribution in [0.3, 0.4) is 0 Å². The highest BCUT2D eigenvalue weighted by Crippen LogP contribution is 2.24. The topological polar surface area (TPSA) is 29.1 Å². The van der Waals surface area contributed by atoms with Crippen molar-refractivity contribution >= 4 is 39.1 Å². The number of nitrogens with one attached hydrogen (secondary N) is 1. The fourth-order valence-electron chi connectivity index (χ4n) is 1.51. The van der Waals surface area contributed by atoms with Crippen molar-refractivity contribution in [1.82, 2.24) is 0 Å². The van der Waals surface area contributed by atoms with E-state index < -0.39 is 29.0 Å². The largest absolute Gasteiger partial charge is 0.317 e. The van der Waals surface area contributed by atoms with Gasteiger partial charge in [-0.05, 0) is 18.2 Å². The number of hydrogen-bond donors (Lipinski definition) is 1. The van der Waals surface area contributed by atoms with E-state index in [1.807, 2.05) is 5.32 Å². The molecule has 0 heterocycles. The van der Waals surface area contributed by atoms with Crippen LogP contribution in [0.5, 0.6) is 0 Å². The van der Waals surface area contributed by atoms with Crippen LogP contribution < -0.4 is 5.32 Å². The van der Waals surface area contributed by atoms with Gasteiger partial charge in [-0.1, -0.05) is 27.5 Å². The van der Waals surface area contributed by atoms with Crippen LogP contribution in [0.4, 0.5) is 18.9 Å². The second-order valence-corrected chi connectivity index (χ2v) is 5.15. The van der Waals surface area contributed by atoms with Gasteiger partial charge in [-0.25, -0.2) is 13.2 Å². The number of hydrogen-bond acceptors (Lipinski definition) is 1. The standard InChI is InChI=1S/C13H6BrClF3NO/c14-6-1-2-9(15)8(3-6)13(20)19-12-10(17)4-7(16)5-11(12)18/h1-5H,(H,19,20). The molecule has 0 fully saturated rings. The number of carbonyl (C=O) groups is 1. The molecule has 2 aromatic rings. The molecule has 0 aliphatic carbocycles. The Morgan fingerprint density at radius 1 is 1.10 bits per heavy atom. The van der Waals surface area contributed by atoms with Gasteiger partial charge in [-0.15, -0.1) is 0 Å². The lowest BCUT2D eigenvalue weighted by Crippen LogP contribution is -2.15. The average molecular weight is 365 g/mol. The predicted molar refractivity (Wildman–Crippen MR) is 73.4 cm³/mol. The van der Waals surface area contributed by atoms with Gasteiger partial charge in [0.2, 0.25) is 0 Å². The van der Waals surface area contributed by atoms with E-state index in [0.717, 1.165) is 0 Å². The summed E-state index contributed by atoms with van der Waals surface area (Å²) in [5, 5.41) is 2.15. The molecule has 1 N–H and O–H groups in total. The number of amides is 1. The Kier molecular flexibility index (Phi) is 4.35. The van der Waals surface area contributed by atoms with Gasteiger partial charge >= 0.3 is 0 Å². The van der Waals surface area contributed by atoms with Crippen molar-refractivity contribution in [3.8, 4) is 0 Å². The van der Waals surface area contributed by atoms with Crippen LogP contribution in [0.25, 0.3) is 0 Å². The molecule has 0 atom stereocenters. The third kappa shape index (κ3) is 3.13. The minimum atomic E-state index is -1.21. The zero-order valence-corrected chi connectivity index (χ0v) is 12.0. The summed E-state index contributed by atoms with van der Waals surface area (Å²) in [7, 11) is 0. The van der Waals surface area contributed by atoms with Crippen LogP contribution in [-0.4, -0.2) is 5.91 Å². The van der Waals surface area contributed by atoms with Crippen molar-refractivity contribution in [2.75, 3.05) is 5.32 Å². The number of rotatable bonds is 2. The van der Waals surface area contributed by atoms with Gasteiger partial charge in [0.25, 0.3) is 5.91 Å². The van der Waals surface area contributed by atoms with Gasteiger partial charge in [0.1, 0.15) is 11.5 Å². The van der Waals surface area contributed by atoms with E-state index in [1.165, 1.54) is 12.1 Å². The summed E-state index contributed by atoms with van der Waals surface area (Å²) in [5.74, 6) is -4.29. The van der Waals surface area contributed by atoms with Crippen molar-refractivity contribution in [2.45, 2.75) is 0 Å². The van der Waals surface area contributed by atoms with E-state index in [4.69, 9.17) is 11.6 Å². The summed E-state index contributed by atoms with van der Waals surface area (Å²) in [4.78, 5) is 11.9. The second-order valence-electron chi connectivity index (χ2n) is 3.82. The molecule has 2 nitrogen and oxygen atoms in total. The molecule has 2 aromatic carbocycles. The van der Waals surface area contributed by atoms with Gasteiger partial charge < -0.3 is 5.32 Å². The highest BCUT2D eigenvalue weighted by atomic mass is 79.9. The summed E-state index contributed by atoms with van der Waals surface area (Å²) >= 11 is 8.99. The van der Waals surface area contributed by atoms with Crippen molar-refractivity contribution in [3.05, 3.63) is 62.8 Å². The normalized spacial score (nSPS) is 10.4. The molecule has 0 aromatic heterocycles. The maximum Gasteiger partial charge on any atom is 0.257 e. The number of carbonyl (C=O) groups excluding carboxylic acids is 1. The minimum absolute atomic E-state index is 0.0316. The van der Waals surface area contributed by atoms with Gasteiger partial charge in [-0.3, -0.25) is 4.79 Å². The molecule has 104 valence electrons. The summed E-state index contributed by atoms with van der Waals surface area (Å²) in [6.45, 7) is 0. The maximum absolute atomic E-state index is 13.4. The van der Waals surface area contributed by atoms with E-state index in [9.17, 15) is 18.0 Å². The summed E-state index contributed by atoms with van der Waals surface area (Å²) in [5.41, 5.74) is -0.698. The molecule has 0 aliphatic rings. The minimum Gasteiger partial charge on any atom is -0.317 e. The SMILES string of the molecule is O=C(Nc1c(F)cc(F)cc1F)c1cc(Br)ccc1Cl. The molecule has 0 saturated carbocycles. The average Bonchev–Trinajstić information content (AvgIpc) is 2.36. The Labute approximate surface area is 125 Å². The highest BCUT2D eigenvalue weighted by molar-refractivity contribution is 9.10. The fraction of sp³-hybridized carbons (Fsp3) is 0. The Hall–Kier alpha value is -1.53. The molecule has 2 rings (SSSR count). The van der Waals surface area contributed by atoms with Crippen LogP contribution in [0, 0.1) is 17.5 Å². The third-order valence-corrected chi connectivity index (χ3v) is 3.24. The molecular formula is C13H6BrClF3NO. The lowest BCUT2D eigenvalue weighted by molar-refractivity contribution is 0.102. The molecular weight excluding hydrogens is 358 g/mol. The molecule has 0 saturated heterocycles. The monoisotopic (exact) mass is 363 g/mol. The number of halogens is 5. The predicted octanol–water partition coefficient (Wildman–Crippen LogP) is 4.77. The van der Waals surface area contributed by atoms with Crippen LogP contribution in [0.1, 0.15) is 10.4 Å². The van der Waals surface area contributed by atoms with E-state index in [-0.39, 0.29) is 10.6 Å². The number of benzene rings is 2. The number of anilines is 1. The van der Waals surface area contributed by atoms with Crippen molar-refractivity contribution < 1.29 is 18.0 Å².